The Morgan fingerprint density at radius 1 is 0.382 bits per heavy atom. The van der Waals surface area contributed by atoms with Crippen LogP contribution in [0, 0.1) is 5.92 Å². The van der Waals surface area contributed by atoms with Crippen LogP contribution in [0.5, 0.6) is 0 Å². The molecule has 0 amide bonds. The van der Waals surface area contributed by atoms with Crippen LogP contribution in [0.1, 0.15) is 53.1 Å². The molecule has 2 unspecified atom stereocenters. The number of benzene rings is 11. The number of nitrogens with zero attached hydrogens (tertiary/aromatic N) is 2. The zero-order valence-electron chi connectivity index (χ0n) is 42.6. The number of anilines is 3. The molecule has 1 aromatic heterocycles. The maximum Gasteiger partial charge on any atom is 0.0541 e. The third kappa shape index (κ3) is 6.66. The first-order valence-corrected chi connectivity index (χ1v) is 26.8. The molecule has 0 spiro atoms. The van der Waals surface area contributed by atoms with Crippen molar-refractivity contribution in [1.29, 1.82) is 0 Å². The Morgan fingerprint density at radius 3 is 1.71 bits per heavy atom. The molecule has 0 radical (unpaired) electrons. The van der Waals surface area contributed by atoms with Gasteiger partial charge >= 0.3 is 0 Å². The zero-order valence-corrected chi connectivity index (χ0v) is 42.6. The van der Waals surface area contributed by atoms with E-state index in [-0.39, 0.29) is 22.7 Å². The van der Waals surface area contributed by atoms with Crippen molar-refractivity contribution in [3.63, 3.8) is 0 Å². The summed E-state index contributed by atoms with van der Waals surface area (Å²) in [5.41, 5.74) is 22.0. The lowest BCUT2D eigenvalue weighted by molar-refractivity contribution is 0.456. The molecule has 0 N–H and O–H groups in total. The van der Waals surface area contributed by atoms with Crippen LogP contribution < -0.4 is 4.90 Å². The van der Waals surface area contributed by atoms with Crippen LogP contribution in [0.3, 0.4) is 0 Å². The van der Waals surface area contributed by atoms with Crippen molar-refractivity contribution in [3.05, 3.63) is 312 Å². The van der Waals surface area contributed by atoms with E-state index in [1.54, 1.807) is 0 Å². The van der Waals surface area contributed by atoms with Gasteiger partial charge in [-0.2, -0.15) is 0 Å². The van der Waals surface area contributed by atoms with Gasteiger partial charge in [0, 0.05) is 50.8 Å². The highest BCUT2D eigenvalue weighted by molar-refractivity contribution is 6.10. The first-order valence-electron chi connectivity index (χ1n) is 26.8. The monoisotopic (exact) mass is 970 g/mol. The molecular weight excluding hydrogens is 917 g/mol. The fourth-order valence-electron chi connectivity index (χ4n) is 13.8. The van der Waals surface area contributed by atoms with E-state index in [1.807, 2.05) is 0 Å². The Hall–Kier alpha value is -9.24. The molecule has 2 nitrogen and oxygen atoms in total. The predicted octanol–water partition coefficient (Wildman–Crippen LogP) is 19.2. The van der Waals surface area contributed by atoms with Gasteiger partial charge in [0.15, 0.2) is 0 Å². The van der Waals surface area contributed by atoms with Crippen LogP contribution in [-0.2, 0) is 10.8 Å². The van der Waals surface area contributed by atoms with Gasteiger partial charge in [0.2, 0.25) is 0 Å². The van der Waals surface area contributed by atoms with E-state index >= 15 is 0 Å². The van der Waals surface area contributed by atoms with E-state index in [2.05, 4.69) is 302 Å². The van der Waals surface area contributed by atoms with Crippen molar-refractivity contribution >= 4 is 49.6 Å². The van der Waals surface area contributed by atoms with Crippen molar-refractivity contribution in [2.45, 2.75) is 30.6 Å². The first kappa shape index (κ1) is 44.3. The lowest BCUT2D eigenvalue weighted by atomic mass is 9.63. The van der Waals surface area contributed by atoms with Gasteiger partial charge in [0.25, 0.3) is 0 Å². The summed E-state index contributed by atoms with van der Waals surface area (Å²) in [6, 6.07) is 95.3. The van der Waals surface area contributed by atoms with Crippen LogP contribution in [0.15, 0.2) is 279 Å². The van der Waals surface area contributed by atoms with E-state index in [4.69, 9.17) is 0 Å². The van der Waals surface area contributed by atoms with E-state index in [9.17, 15) is 0 Å². The van der Waals surface area contributed by atoms with Gasteiger partial charge < -0.3 is 9.47 Å². The molecule has 12 aromatic rings. The number of rotatable bonds is 8. The molecule has 15 rings (SSSR count). The van der Waals surface area contributed by atoms with Crippen LogP contribution in [-0.4, -0.2) is 4.57 Å². The summed E-state index contributed by atoms with van der Waals surface area (Å²) in [4.78, 5) is 2.50. The smallest absolute Gasteiger partial charge is 0.0541 e. The topological polar surface area (TPSA) is 8.17 Å². The SMILES string of the molecule is CC1(C)c2cc(-c3ccc4ccccc4c3)ccc2-c2ccc(N(c3ccc(-c4ccc5c(c4)c4ccccc4n5-c4ccccc4)cc3)c3ccc4c(c3)C3C=CC=CC3C4(c3ccccc3)c3ccccc3)cc21. The predicted molar refractivity (Wildman–Crippen MR) is 319 cm³/mol. The third-order valence-electron chi connectivity index (χ3n) is 17.3. The van der Waals surface area contributed by atoms with E-state index in [1.165, 1.54) is 105 Å². The van der Waals surface area contributed by atoms with Crippen molar-refractivity contribution in [3.8, 4) is 39.1 Å². The molecule has 1 heterocycles. The normalized spacial score (nSPS) is 16.4. The van der Waals surface area contributed by atoms with Crippen LogP contribution >= 0.6 is 0 Å². The fraction of sp³-hybridized carbons (Fsp3) is 0.0811. The first-order chi connectivity index (χ1) is 37.4. The summed E-state index contributed by atoms with van der Waals surface area (Å²) < 4.78 is 2.39. The van der Waals surface area contributed by atoms with Crippen molar-refractivity contribution in [2.75, 3.05) is 4.90 Å². The molecule has 2 atom stereocenters. The molecule has 11 aromatic carbocycles. The summed E-state index contributed by atoms with van der Waals surface area (Å²) in [6.07, 6.45) is 9.41. The van der Waals surface area contributed by atoms with Gasteiger partial charge in [0.05, 0.1) is 16.4 Å². The van der Waals surface area contributed by atoms with Crippen molar-refractivity contribution < 1.29 is 0 Å². The Labute approximate surface area is 444 Å². The van der Waals surface area contributed by atoms with Gasteiger partial charge in [0.1, 0.15) is 0 Å². The Balaban J connectivity index is 0.876. The number of allylic oxidation sites excluding steroid dienone is 4. The highest BCUT2D eigenvalue weighted by Gasteiger charge is 2.53. The molecule has 0 bridgehead atoms. The lowest BCUT2D eigenvalue weighted by Gasteiger charge is -2.38. The standard InChI is InChI=1S/C74H54N2/c1-73(2)69-46-54(52-31-30-49-18-12-13-19-51(49)44-52)34-40-62(69)63-41-38-60(48-70(63)73)75(58-36-32-50(33-37-58)53-35-43-72-66(45-53)64-27-15-17-29-71(64)76(72)57-24-10-5-11-25-57)59-39-42-68-65(47-59)61-26-14-16-28-67(61)74(68,55-20-6-3-7-21-55)56-22-8-4-9-23-56/h3-48,61,67H,1-2H3. The van der Waals surface area contributed by atoms with Gasteiger partial charge in [-0.15, -0.1) is 0 Å². The number of hydrogen-bond donors (Lipinski definition) is 0. The summed E-state index contributed by atoms with van der Waals surface area (Å²) in [7, 11) is 0. The lowest BCUT2D eigenvalue weighted by Crippen LogP contribution is -2.35. The molecule has 3 aliphatic rings. The number of hydrogen-bond acceptors (Lipinski definition) is 1. The van der Waals surface area contributed by atoms with E-state index in [0.29, 0.717) is 0 Å². The molecule has 360 valence electrons. The fourth-order valence-corrected chi connectivity index (χ4v) is 13.8. The minimum atomic E-state index is -0.363. The Bertz CT molecular complexity index is 4270. The largest absolute Gasteiger partial charge is 0.310 e. The molecule has 0 saturated carbocycles. The minimum Gasteiger partial charge on any atom is -0.310 e. The second-order valence-corrected chi connectivity index (χ2v) is 21.6. The average Bonchev–Trinajstić information content (AvgIpc) is 4.17. The zero-order chi connectivity index (χ0) is 50.5. The molecule has 0 aliphatic heterocycles. The highest BCUT2D eigenvalue weighted by atomic mass is 15.1. The molecular formula is C74H54N2. The van der Waals surface area contributed by atoms with Crippen molar-refractivity contribution in [1.82, 2.24) is 4.57 Å². The summed E-state index contributed by atoms with van der Waals surface area (Å²) in [5, 5.41) is 5.03. The molecule has 0 saturated heterocycles. The maximum atomic E-state index is 2.51. The molecule has 0 fully saturated rings. The average molecular weight is 971 g/mol. The van der Waals surface area contributed by atoms with Gasteiger partial charge in [-0.25, -0.2) is 0 Å². The second-order valence-electron chi connectivity index (χ2n) is 21.6. The Kier molecular flexibility index (Phi) is 10.00. The summed E-state index contributed by atoms with van der Waals surface area (Å²) >= 11 is 0. The quantitative estimate of drug-likeness (QED) is 0.147. The van der Waals surface area contributed by atoms with Gasteiger partial charge in [-0.3, -0.25) is 0 Å². The Morgan fingerprint density at radius 2 is 0.934 bits per heavy atom. The van der Waals surface area contributed by atoms with Gasteiger partial charge in [-0.1, -0.05) is 214 Å². The third-order valence-corrected chi connectivity index (χ3v) is 17.3. The number of fused-ring (bicyclic) bond motifs is 10. The molecule has 76 heavy (non-hydrogen) atoms. The van der Waals surface area contributed by atoms with Crippen LogP contribution in [0.25, 0.3) is 71.6 Å². The van der Waals surface area contributed by atoms with Crippen molar-refractivity contribution in [2.24, 2.45) is 5.92 Å². The van der Waals surface area contributed by atoms with Crippen LogP contribution in [0.2, 0.25) is 0 Å². The highest BCUT2D eigenvalue weighted by Crippen LogP contribution is 2.61. The minimum absolute atomic E-state index is 0.192. The second kappa shape index (κ2) is 17.2. The van der Waals surface area contributed by atoms with E-state index in [0.717, 1.165) is 17.1 Å². The molecule has 3 aliphatic carbocycles. The number of para-hydroxylation sites is 2. The maximum absolute atomic E-state index is 2.51. The molecule has 2 heteroatoms. The van der Waals surface area contributed by atoms with E-state index < -0.39 is 0 Å². The van der Waals surface area contributed by atoms with Crippen LogP contribution in [0.4, 0.5) is 17.1 Å². The summed E-state index contributed by atoms with van der Waals surface area (Å²) in [5.74, 6) is 0.399. The van der Waals surface area contributed by atoms with Gasteiger partial charge in [-0.05, 0) is 156 Å². The summed E-state index contributed by atoms with van der Waals surface area (Å²) in [6.45, 7) is 4.81. The number of aromatic nitrogens is 1.